The Balaban J connectivity index is 2.58. The van der Waals surface area contributed by atoms with Crippen molar-refractivity contribution < 1.29 is 9.90 Å². The molecule has 0 saturated heterocycles. The maximum atomic E-state index is 11.8. The first-order chi connectivity index (χ1) is 8.56. The summed E-state index contributed by atoms with van der Waals surface area (Å²) >= 11 is 3.42. The largest absolute Gasteiger partial charge is 0.395 e. The molecule has 0 bridgehead atoms. The number of hydrogen-bond donors (Lipinski definition) is 2. The van der Waals surface area contributed by atoms with Gasteiger partial charge in [0.2, 0.25) is 5.91 Å². The van der Waals surface area contributed by atoms with E-state index in [1.165, 1.54) is 0 Å². The van der Waals surface area contributed by atoms with Gasteiger partial charge in [-0.3, -0.25) is 9.69 Å². The highest BCUT2D eigenvalue weighted by atomic mass is 79.9. The number of benzene rings is 1. The number of nitrogens with zero attached hydrogens (tertiary/aromatic N) is 1. The fourth-order valence-electron chi connectivity index (χ4n) is 1.60. The zero-order chi connectivity index (χ0) is 13.5. The van der Waals surface area contributed by atoms with Gasteiger partial charge in [0.1, 0.15) is 0 Å². The van der Waals surface area contributed by atoms with Gasteiger partial charge in [-0.25, -0.2) is 0 Å². The predicted molar refractivity (Wildman–Crippen MR) is 76.7 cm³/mol. The standard InChI is InChI=1S/C13H19BrN2O2/c1-3-16(6-7-17)9-13(18)15-12-5-4-10(2)8-11(12)14/h4-5,8,17H,3,6-7,9H2,1-2H3,(H,15,18). The van der Waals surface area contributed by atoms with Gasteiger partial charge in [-0.2, -0.15) is 0 Å². The van der Waals surface area contributed by atoms with Crippen LogP contribution in [0.5, 0.6) is 0 Å². The zero-order valence-electron chi connectivity index (χ0n) is 10.7. The van der Waals surface area contributed by atoms with Gasteiger partial charge in [0, 0.05) is 11.0 Å². The molecule has 1 aromatic rings. The van der Waals surface area contributed by atoms with Gasteiger partial charge in [-0.15, -0.1) is 0 Å². The fraction of sp³-hybridized carbons (Fsp3) is 0.462. The molecule has 0 spiro atoms. The van der Waals surface area contributed by atoms with Gasteiger partial charge in [0.05, 0.1) is 18.8 Å². The predicted octanol–water partition coefficient (Wildman–Crippen LogP) is 2.01. The summed E-state index contributed by atoms with van der Waals surface area (Å²) in [7, 11) is 0. The minimum atomic E-state index is -0.0742. The minimum Gasteiger partial charge on any atom is -0.395 e. The van der Waals surface area contributed by atoms with Crippen LogP contribution in [-0.4, -0.2) is 42.2 Å². The number of anilines is 1. The summed E-state index contributed by atoms with van der Waals surface area (Å²) in [6, 6.07) is 5.78. The van der Waals surface area contributed by atoms with E-state index >= 15 is 0 Å². The summed E-state index contributed by atoms with van der Waals surface area (Å²) in [6.07, 6.45) is 0. The van der Waals surface area contributed by atoms with Crippen LogP contribution in [0.3, 0.4) is 0 Å². The topological polar surface area (TPSA) is 52.6 Å². The lowest BCUT2D eigenvalue weighted by Crippen LogP contribution is -2.35. The first-order valence-corrected chi connectivity index (χ1v) is 6.75. The number of nitrogens with one attached hydrogen (secondary N) is 1. The second kappa shape index (κ2) is 7.51. The third kappa shape index (κ3) is 4.76. The lowest BCUT2D eigenvalue weighted by atomic mass is 10.2. The van der Waals surface area contributed by atoms with E-state index in [0.717, 1.165) is 22.3 Å². The molecule has 18 heavy (non-hydrogen) atoms. The van der Waals surface area contributed by atoms with Gasteiger partial charge in [-0.05, 0) is 47.1 Å². The van der Waals surface area contributed by atoms with Crippen LogP contribution >= 0.6 is 15.9 Å². The molecule has 1 rings (SSSR count). The number of hydrogen-bond acceptors (Lipinski definition) is 3. The Morgan fingerprint density at radius 2 is 2.22 bits per heavy atom. The molecule has 5 heteroatoms. The van der Waals surface area contributed by atoms with Crippen LogP contribution in [-0.2, 0) is 4.79 Å². The van der Waals surface area contributed by atoms with Gasteiger partial charge in [0.15, 0.2) is 0 Å². The highest BCUT2D eigenvalue weighted by molar-refractivity contribution is 9.10. The summed E-state index contributed by atoms with van der Waals surface area (Å²) in [6.45, 7) is 5.57. The maximum Gasteiger partial charge on any atom is 0.238 e. The molecular weight excluding hydrogens is 296 g/mol. The summed E-state index contributed by atoms with van der Waals surface area (Å²) < 4.78 is 0.876. The van der Waals surface area contributed by atoms with E-state index in [1.54, 1.807) is 0 Å². The van der Waals surface area contributed by atoms with Crippen molar-refractivity contribution >= 4 is 27.5 Å². The Labute approximate surface area is 116 Å². The molecule has 0 aliphatic heterocycles. The SMILES string of the molecule is CCN(CCO)CC(=O)Nc1ccc(C)cc1Br. The Hall–Kier alpha value is -0.910. The molecule has 0 saturated carbocycles. The van der Waals surface area contributed by atoms with Gasteiger partial charge in [-0.1, -0.05) is 13.0 Å². The molecule has 0 aliphatic carbocycles. The third-order valence-corrected chi connectivity index (χ3v) is 3.29. The van der Waals surface area contributed by atoms with Crippen LogP contribution in [0.4, 0.5) is 5.69 Å². The summed E-state index contributed by atoms with van der Waals surface area (Å²) in [5.74, 6) is -0.0742. The summed E-state index contributed by atoms with van der Waals surface area (Å²) in [5, 5.41) is 11.7. The first kappa shape index (κ1) is 15.1. The Morgan fingerprint density at radius 3 is 2.78 bits per heavy atom. The van der Waals surface area contributed by atoms with E-state index in [0.29, 0.717) is 6.54 Å². The molecule has 100 valence electrons. The van der Waals surface area contributed by atoms with Crippen LogP contribution in [0, 0.1) is 6.92 Å². The Kier molecular flexibility index (Phi) is 6.32. The van der Waals surface area contributed by atoms with Crippen molar-refractivity contribution in [1.82, 2.24) is 4.90 Å². The third-order valence-electron chi connectivity index (χ3n) is 2.63. The van der Waals surface area contributed by atoms with Crippen molar-refractivity contribution in [3.63, 3.8) is 0 Å². The number of aliphatic hydroxyl groups is 1. The van der Waals surface area contributed by atoms with Crippen molar-refractivity contribution in [2.45, 2.75) is 13.8 Å². The second-order valence-electron chi connectivity index (χ2n) is 4.12. The number of likely N-dealkylation sites (N-methyl/N-ethyl adjacent to an activating group) is 1. The number of aryl methyl sites for hydroxylation is 1. The fourth-order valence-corrected chi connectivity index (χ4v) is 2.20. The smallest absolute Gasteiger partial charge is 0.238 e. The molecule has 0 fully saturated rings. The van der Waals surface area contributed by atoms with Crippen LogP contribution in [0.25, 0.3) is 0 Å². The molecular formula is C13H19BrN2O2. The quantitative estimate of drug-likeness (QED) is 0.844. The second-order valence-corrected chi connectivity index (χ2v) is 4.98. The molecule has 0 aliphatic rings. The molecule has 0 heterocycles. The first-order valence-electron chi connectivity index (χ1n) is 5.96. The van der Waals surface area contributed by atoms with E-state index in [4.69, 9.17) is 5.11 Å². The number of amides is 1. The van der Waals surface area contributed by atoms with Crippen molar-refractivity contribution in [3.8, 4) is 0 Å². The van der Waals surface area contributed by atoms with Crippen molar-refractivity contribution in [2.24, 2.45) is 0 Å². The maximum absolute atomic E-state index is 11.8. The summed E-state index contributed by atoms with van der Waals surface area (Å²) in [4.78, 5) is 13.7. The monoisotopic (exact) mass is 314 g/mol. The van der Waals surface area contributed by atoms with Crippen molar-refractivity contribution in [3.05, 3.63) is 28.2 Å². The van der Waals surface area contributed by atoms with E-state index in [2.05, 4.69) is 21.2 Å². The minimum absolute atomic E-state index is 0.0648. The Morgan fingerprint density at radius 1 is 1.50 bits per heavy atom. The highest BCUT2D eigenvalue weighted by Crippen LogP contribution is 2.23. The van der Waals surface area contributed by atoms with Crippen molar-refractivity contribution in [1.29, 1.82) is 0 Å². The number of carbonyl (C=O) groups excluding carboxylic acids is 1. The van der Waals surface area contributed by atoms with Crippen LogP contribution in [0.1, 0.15) is 12.5 Å². The number of halogens is 1. The number of rotatable bonds is 6. The van der Waals surface area contributed by atoms with E-state index in [1.807, 2.05) is 36.9 Å². The molecule has 0 unspecified atom stereocenters. The molecule has 0 aromatic heterocycles. The van der Waals surface area contributed by atoms with E-state index in [-0.39, 0.29) is 19.1 Å². The van der Waals surface area contributed by atoms with Gasteiger partial charge in [0.25, 0.3) is 0 Å². The normalized spacial score (nSPS) is 10.7. The average molecular weight is 315 g/mol. The van der Waals surface area contributed by atoms with Gasteiger partial charge < -0.3 is 10.4 Å². The lowest BCUT2D eigenvalue weighted by molar-refractivity contribution is -0.117. The molecule has 0 radical (unpaired) electrons. The van der Waals surface area contributed by atoms with Crippen LogP contribution < -0.4 is 5.32 Å². The van der Waals surface area contributed by atoms with Gasteiger partial charge >= 0.3 is 0 Å². The molecule has 1 aromatic carbocycles. The summed E-state index contributed by atoms with van der Waals surface area (Å²) in [5.41, 5.74) is 1.90. The van der Waals surface area contributed by atoms with E-state index < -0.39 is 0 Å². The Bertz CT molecular complexity index is 410. The van der Waals surface area contributed by atoms with E-state index in [9.17, 15) is 4.79 Å². The lowest BCUT2D eigenvalue weighted by Gasteiger charge is -2.18. The molecule has 0 atom stereocenters. The molecule has 2 N–H and O–H groups in total. The van der Waals surface area contributed by atoms with Crippen LogP contribution in [0.2, 0.25) is 0 Å². The average Bonchev–Trinajstić information content (AvgIpc) is 2.32. The number of aliphatic hydroxyl groups excluding tert-OH is 1. The van der Waals surface area contributed by atoms with Crippen molar-refractivity contribution in [2.75, 3.05) is 31.6 Å². The molecule has 1 amide bonds. The number of carbonyl (C=O) groups is 1. The zero-order valence-corrected chi connectivity index (χ0v) is 12.3. The highest BCUT2D eigenvalue weighted by Gasteiger charge is 2.10. The van der Waals surface area contributed by atoms with Crippen LogP contribution in [0.15, 0.2) is 22.7 Å². The molecule has 4 nitrogen and oxygen atoms in total.